The molecule has 2 unspecified atom stereocenters. The number of methoxy groups -OCH3 is 2. The summed E-state index contributed by atoms with van der Waals surface area (Å²) >= 11 is 0. The van der Waals surface area contributed by atoms with Crippen LogP contribution in [-0.2, 0) is 25.6 Å². The van der Waals surface area contributed by atoms with Gasteiger partial charge in [0.1, 0.15) is 11.6 Å². The minimum atomic E-state index is -0.976. The lowest BCUT2D eigenvalue weighted by atomic mass is 10.3. The number of carbonyl (C=O) groups is 2. The van der Waals surface area contributed by atoms with Crippen LogP contribution in [0, 0.1) is 0 Å². The molecule has 2 rings (SSSR count). The number of nitrogens with one attached hydrogen (secondary N) is 5. The number of nitrogens with zero attached hydrogens (tertiary/aromatic N) is 1. The number of aromatic amines is 2. The predicted octanol–water partition coefficient (Wildman–Crippen LogP) is -0.0435. The molecule has 0 spiro atoms. The lowest BCUT2D eigenvalue weighted by Crippen LogP contribution is -2.36. The van der Waals surface area contributed by atoms with Gasteiger partial charge in [0.2, 0.25) is 0 Å². The van der Waals surface area contributed by atoms with Crippen molar-refractivity contribution in [1.82, 2.24) is 30.4 Å². The number of rotatable bonds is 12. The molecule has 5 N–H and O–H groups in total. The van der Waals surface area contributed by atoms with Gasteiger partial charge in [-0.2, -0.15) is 0 Å². The molecule has 0 aliphatic heterocycles. The van der Waals surface area contributed by atoms with Crippen LogP contribution >= 0.6 is 8.22 Å². The quantitative estimate of drug-likeness (QED) is 0.179. The number of H-pyrrole nitrogens is 2. The highest BCUT2D eigenvalue weighted by Gasteiger charge is 2.19. The minimum absolute atomic E-state index is 0.0616. The molecule has 2 heterocycles. The van der Waals surface area contributed by atoms with Crippen molar-refractivity contribution < 1.29 is 19.1 Å². The third-order valence-electron chi connectivity index (χ3n) is 4.14. The lowest BCUT2D eigenvalue weighted by Gasteiger charge is -2.22. The van der Waals surface area contributed by atoms with Crippen molar-refractivity contribution in [3.8, 4) is 0 Å². The first-order valence-electron chi connectivity index (χ1n) is 9.12. The zero-order chi connectivity index (χ0) is 21.2. The molecule has 0 saturated carbocycles. The summed E-state index contributed by atoms with van der Waals surface area (Å²) < 4.78 is 9.38. The molecule has 29 heavy (non-hydrogen) atoms. The molecule has 0 aliphatic rings. The Bertz CT molecular complexity index is 869. The first-order valence-corrected chi connectivity index (χ1v) is 10.6. The van der Waals surface area contributed by atoms with E-state index in [1.165, 1.54) is 20.5 Å². The van der Waals surface area contributed by atoms with E-state index >= 15 is 0 Å². The molecule has 0 saturated heterocycles. The average molecular weight is 426 g/mol. The fourth-order valence-electron chi connectivity index (χ4n) is 2.61. The van der Waals surface area contributed by atoms with Crippen LogP contribution in [0.1, 0.15) is 18.9 Å². The van der Waals surface area contributed by atoms with Gasteiger partial charge in [0, 0.05) is 26.5 Å². The molecule has 11 nitrogen and oxygen atoms in total. The van der Waals surface area contributed by atoms with Crippen molar-refractivity contribution in [1.29, 1.82) is 0 Å². The van der Waals surface area contributed by atoms with Gasteiger partial charge in [-0.25, -0.2) is 4.98 Å². The van der Waals surface area contributed by atoms with Crippen molar-refractivity contribution in [3.05, 3.63) is 28.4 Å². The Labute approximate surface area is 169 Å². The molecular formula is C17H27N6O5P. The van der Waals surface area contributed by atoms with E-state index in [2.05, 4.69) is 35.2 Å². The van der Waals surface area contributed by atoms with Crippen LogP contribution in [-0.4, -0.2) is 66.4 Å². The predicted molar refractivity (Wildman–Crippen MR) is 109 cm³/mol. The SMILES string of the molecule is COC(=O)CNP(CCCNCc1c[nH]c2c(=O)[nH]cnc12)NC(C)C(=O)OC. The van der Waals surface area contributed by atoms with E-state index < -0.39 is 14.3 Å². The number of carbonyl (C=O) groups excluding carboxylic acids is 2. The summed E-state index contributed by atoms with van der Waals surface area (Å²) in [7, 11) is 1.69. The van der Waals surface area contributed by atoms with Crippen molar-refractivity contribution in [3.63, 3.8) is 0 Å². The Kier molecular flexibility index (Phi) is 9.20. The van der Waals surface area contributed by atoms with Gasteiger partial charge in [0.05, 0.1) is 32.6 Å². The minimum Gasteiger partial charge on any atom is -0.468 e. The van der Waals surface area contributed by atoms with E-state index in [4.69, 9.17) is 4.74 Å². The molecule has 2 aromatic rings. The number of hydrogen-bond donors (Lipinski definition) is 5. The summed E-state index contributed by atoms with van der Waals surface area (Å²) in [5.74, 6) is -0.734. The monoisotopic (exact) mass is 426 g/mol. The van der Waals surface area contributed by atoms with Crippen molar-refractivity contribution in [2.75, 3.05) is 33.5 Å². The number of hydrogen-bond acceptors (Lipinski definition) is 9. The summed E-state index contributed by atoms with van der Waals surface area (Å²) in [4.78, 5) is 44.4. The number of aromatic nitrogens is 3. The van der Waals surface area contributed by atoms with E-state index in [9.17, 15) is 14.4 Å². The molecule has 0 fully saturated rings. The Morgan fingerprint density at radius 2 is 2.07 bits per heavy atom. The smallest absolute Gasteiger partial charge is 0.322 e. The van der Waals surface area contributed by atoms with E-state index in [-0.39, 0.29) is 24.0 Å². The van der Waals surface area contributed by atoms with Crippen molar-refractivity contribution >= 4 is 31.2 Å². The standard InChI is InChI=1S/C17H27N6O5P/c1-11(17(26)28-3)23-29(22-9-13(24)27-2)6-4-5-18-7-12-8-19-15-14(12)20-10-21-16(15)25/h8,10-11,18-19,22-23H,4-7,9H2,1-3H3,(H,20,21,25). The van der Waals surface area contributed by atoms with Crippen LogP contribution in [0.3, 0.4) is 0 Å². The van der Waals surface area contributed by atoms with Gasteiger partial charge in [-0.05, 0) is 26.1 Å². The Morgan fingerprint density at radius 3 is 2.79 bits per heavy atom. The maximum Gasteiger partial charge on any atom is 0.322 e. The first-order chi connectivity index (χ1) is 14.0. The molecule has 0 bridgehead atoms. The number of fused-ring (bicyclic) bond motifs is 1. The molecule has 12 heteroatoms. The average Bonchev–Trinajstić information content (AvgIpc) is 3.14. The second-order valence-corrected chi connectivity index (χ2v) is 8.11. The summed E-state index contributed by atoms with van der Waals surface area (Å²) in [5.41, 5.74) is 1.82. The topological polar surface area (TPSA) is 150 Å². The van der Waals surface area contributed by atoms with E-state index in [1.807, 2.05) is 0 Å². The van der Waals surface area contributed by atoms with Crippen molar-refractivity contribution in [2.24, 2.45) is 0 Å². The van der Waals surface area contributed by atoms with Crippen LogP contribution in [0.4, 0.5) is 0 Å². The number of esters is 2. The molecule has 160 valence electrons. The van der Waals surface area contributed by atoms with Gasteiger partial charge in [-0.3, -0.25) is 24.6 Å². The second-order valence-electron chi connectivity index (χ2n) is 6.24. The zero-order valence-electron chi connectivity index (χ0n) is 16.7. The summed E-state index contributed by atoms with van der Waals surface area (Å²) in [6, 6.07) is -0.486. The van der Waals surface area contributed by atoms with Gasteiger partial charge in [0.15, 0.2) is 0 Å². The lowest BCUT2D eigenvalue weighted by molar-refractivity contribution is -0.142. The molecule has 0 radical (unpaired) electrons. The van der Waals surface area contributed by atoms with E-state index in [0.29, 0.717) is 24.1 Å². The van der Waals surface area contributed by atoms with Crippen LogP contribution in [0.25, 0.3) is 11.0 Å². The Balaban J connectivity index is 1.81. The molecule has 2 atom stereocenters. The van der Waals surface area contributed by atoms with E-state index in [1.54, 1.807) is 13.1 Å². The largest absolute Gasteiger partial charge is 0.468 e. The maximum atomic E-state index is 11.7. The molecule has 0 amide bonds. The van der Waals surface area contributed by atoms with Crippen molar-refractivity contribution in [2.45, 2.75) is 25.9 Å². The van der Waals surface area contributed by atoms with E-state index in [0.717, 1.165) is 18.1 Å². The summed E-state index contributed by atoms with van der Waals surface area (Å²) in [6.45, 7) is 3.05. The van der Waals surface area contributed by atoms with Gasteiger partial charge in [-0.15, -0.1) is 0 Å². The van der Waals surface area contributed by atoms with Gasteiger partial charge < -0.3 is 24.8 Å². The molecule has 2 aromatic heterocycles. The Hall–Kier alpha value is -2.33. The second kappa shape index (κ2) is 11.6. The maximum absolute atomic E-state index is 11.7. The summed E-state index contributed by atoms with van der Waals surface area (Å²) in [5, 5.41) is 9.60. The zero-order valence-corrected chi connectivity index (χ0v) is 17.6. The highest BCUT2D eigenvalue weighted by Crippen LogP contribution is 2.26. The molecular weight excluding hydrogens is 399 g/mol. The third-order valence-corrected chi connectivity index (χ3v) is 6.15. The fourth-order valence-corrected chi connectivity index (χ4v) is 4.36. The van der Waals surface area contributed by atoms with Gasteiger partial charge in [-0.1, -0.05) is 0 Å². The van der Waals surface area contributed by atoms with Gasteiger partial charge in [0.25, 0.3) is 5.56 Å². The third kappa shape index (κ3) is 6.90. The molecule has 0 aromatic carbocycles. The normalized spacial score (nSPS) is 13.2. The van der Waals surface area contributed by atoms with Gasteiger partial charge >= 0.3 is 11.9 Å². The Morgan fingerprint density at radius 1 is 1.28 bits per heavy atom. The highest BCUT2D eigenvalue weighted by atomic mass is 31.1. The number of ether oxygens (including phenoxy) is 2. The van der Waals surface area contributed by atoms with Crippen LogP contribution < -0.4 is 21.1 Å². The first kappa shape index (κ1) is 23.0. The highest BCUT2D eigenvalue weighted by molar-refractivity contribution is 7.53. The fraction of sp³-hybridized carbons (Fsp3) is 0.529. The van der Waals surface area contributed by atoms with Crippen LogP contribution in [0.15, 0.2) is 17.3 Å². The van der Waals surface area contributed by atoms with Crippen LogP contribution in [0.5, 0.6) is 0 Å². The summed E-state index contributed by atoms with van der Waals surface area (Å²) in [6.07, 6.45) is 4.68. The van der Waals surface area contributed by atoms with Crippen LogP contribution in [0.2, 0.25) is 0 Å². The molecule has 0 aliphatic carbocycles.